The van der Waals surface area contributed by atoms with Crippen molar-refractivity contribution in [1.29, 1.82) is 0 Å². The summed E-state index contributed by atoms with van der Waals surface area (Å²) in [6.07, 6.45) is 0.770. The molecule has 0 heterocycles. The molecule has 0 bridgehead atoms. The Morgan fingerprint density at radius 1 is 1.33 bits per heavy atom. The van der Waals surface area contributed by atoms with Crippen LogP contribution in [0.4, 0.5) is 5.69 Å². The molecule has 0 aliphatic heterocycles. The maximum atomic E-state index is 12.1. The number of hydrogen-bond donors (Lipinski definition) is 2. The Labute approximate surface area is 114 Å². The lowest BCUT2D eigenvalue weighted by Gasteiger charge is -2.16. The summed E-state index contributed by atoms with van der Waals surface area (Å²) in [6, 6.07) is 4.24. The molecule has 0 aliphatic carbocycles. The van der Waals surface area contributed by atoms with Gasteiger partial charge < -0.3 is 5.73 Å². The lowest BCUT2D eigenvalue weighted by atomic mass is 10.1. The van der Waals surface area contributed by atoms with Crippen molar-refractivity contribution in [3.63, 3.8) is 0 Å². The van der Waals surface area contributed by atoms with Crippen molar-refractivity contribution >= 4 is 27.3 Å². The first-order valence-electron chi connectivity index (χ1n) is 5.79. The van der Waals surface area contributed by atoms with E-state index in [1.165, 1.54) is 18.2 Å². The molecule has 0 fully saturated rings. The minimum absolute atomic E-state index is 0.0639. The molecule has 102 valence electrons. The Morgan fingerprint density at radius 2 is 1.94 bits per heavy atom. The van der Waals surface area contributed by atoms with Crippen LogP contribution in [0.3, 0.4) is 0 Å². The molecule has 0 aromatic heterocycles. The number of sulfonamides is 1. The smallest absolute Gasteiger partial charge is 0.242 e. The molecule has 18 heavy (non-hydrogen) atoms. The number of nitrogens with one attached hydrogen (secondary N) is 1. The average molecular weight is 291 g/mol. The molecular weight excluding hydrogens is 272 g/mol. The van der Waals surface area contributed by atoms with Gasteiger partial charge in [0.25, 0.3) is 0 Å². The summed E-state index contributed by atoms with van der Waals surface area (Å²) in [5.41, 5.74) is 5.98. The molecule has 4 nitrogen and oxygen atoms in total. The van der Waals surface area contributed by atoms with Gasteiger partial charge in [0, 0.05) is 11.7 Å². The van der Waals surface area contributed by atoms with E-state index in [1.807, 2.05) is 20.8 Å². The van der Waals surface area contributed by atoms with E-state index in [0.717, 1.165) is 6.42 Å². The molecule has 1 aromatic carbocycles. The largest absolute Gasteiger partial charge is 0.399 e. The van der Waals surface area contributed by atoms with Crippen LogP contribution < -0.4 is 10.5 Å². The molecule has 1 unspecified atom stereocenters. The van der Waals surface area contributed by atoms with Gasteiger partial charge in [0.05, 0.1) is 5.02 Å². The molecule has 1 rings (SSSR count). The van der Waals surface area contributed by atoms with E-state index in [4.69, 9.17) is 17.3 Å². The number of nitrogen functional groups attached to an aromatic ring is 1. The van der Waals surface area contributed by atoms with Gasteiger partial charge in [-0.15, -0.1) is 0 Å². The molecule has 1 atom stereocenters. The maximum Gasteiger partial charge on any atom is 0.242 e. The highest BCUT2D eigenvalue weighted by atomic mass is 35.5. The Bertz CT molecular complexity index is 515. The first-order chi connectivity index (χ1) is 8.22. The van der Waals surface area contributed by atoms with Gasteiger partial charge in [-0.05, 0) is 37.5 Å². The Kier molecular flexibility index (Phi) is 5.01. The molecule has 0 amide bonds. The van der Waals surface area contributed by atoms with Gasteiger partial charge >= 0.3 is 0 Å². The summed E-state index contributed by atoms with van der Waals surface area (Å²) in [7, 11) is -3.59. The normalized spacial score (nSPS) is 13.8. The molecule has 3 N–H and O–H groups in total. The number of benzene rings is 1. The summed E-state index contributed by atoms with van der Waals surface area (Å²) >= 11 is 5.90. The number of anilines is 1. The minimum Gasteiger partial charge on any atom is -0.399 e. The van der Waals surface area contributed by atoms with Gasteiger partial charge in [-0.2, -0.15) is 0 Å². The zero-order valence-electron chi connectivity index (χ0n) is 10.8. The van der Waals surface area contributed by atoms with Crippen LogP contribution in [-0.4, -0.2) is 14.5 Å². The van der Waals surface area contributed by atoms with Crippen LogP contribution in [0.25, 0.3) is 0 Å². The first kappa shape index (κ1) is 15.3. The summed E-state index contributed by atoms with van der Waals surface area (Å²) in [4.78, 5) is 0.0639. The third kappa shape index (κ3) is 4.15. The zero-order chi connectivity index (χ0) is 13.9. The van der Waals surface area contributed by atoms with E-state index in [0.29, 0.717) is 11.6 Å². The Hall–Kier alpha value is -0.780. The van der Waals surface area contributed by atoms with E-state index in [2.05, 4.69) is 4.72 Å². The molecule has 0 saturated heterocycles. The second-order valence-corrected chi connectivity index (χ2v) is 6.93. The Morgan fingerprint density at radius 3 is 2.44 bits per heavy atom. The van der Waals surface area contributed by atoms with Crippen molar-refractivity contribution in [3.8, 4) is 0 Å². The van der Waals surface area contributed by atoms with Gasteiger partial charge in [0.1, 0.15) is 4.90 Å². The van der Waals surface area contributed by atoms with Crippen molar-refractivity contribution in [3.05, 3.63) is 23.2 Å². The van der Waals surface area contributed by atoms with E-state index >= 15 is 0 Å². The molecule has 0 spiro atoms. The predicted octanol–water partition coefficient (Wildman–Crippen LogP) is 2.64. The summed E-state index contributed by atoms with van der Waals surface area (Å²) in [5.74, 6) is 0.421. The average Bonchev–Trinajstić information content (AvgIpc) is 2.13. The van der Waals surface area contributed by atoms with Gasteiger partial charge in [-0.1, -0.05) is 25.4 Å². The van der Waals surface area contributed by atoms with Crippen LogP contribution in [0.1, 0.15) is 27.2 Å². The lowest BCUT2D eigenvalue weighted by Crippen LogP contribution is -2.33. The first-order valence-corrected chi connectivity index (χ1v) is 7.66. The van der Waals surface area contributed by atoms with Crippen molar-refractivity contribution in [2.45, 2.75) is 38.1 Å². The van der Waals surface area contributed by atoms with Crippen molar-refractivity contribution < 1.29 is 8.42 Å². The van der Waals surface area contributed by atoms with Gasteiger partial charge in [0.15, 0.2) is 0 Å². The van der Waals surface area contributed by atoms with Crippen LogP contribution in [-0.2, 0) is 10.0 Å². The predicted molar refractivity (Wildman–Crippen MR) is 75.1 cm³/mol. The van der Waals surface area contributed by atoms with Crippen molar-refractivity contribution in [2.24, 2.45) is 5.92 Å². The van der Waals surface area contributed by atoms with Crippen LogP contribution >= 0.6 is 11.6 Å². The SMILES string of the molecule is CC(C)CC(C)NS(=O)(=O)c1ccc(N)cc1Cl. The second kappa shape index (κ2) is 5.91. The summed E-state index contributed by atoms with van der Waals surface area (Å²) < 4.78 is 26.9. The van der Waals surface area contributed by atoms with Crippen LogP contribution in [0, 0.1) is 5.92 Å². The quantitative estimate of drug-likeness (QED) is 0.819. The highest BCUT2D eigenvalue weighted by Gasteiger charge is 2.20. The molecule has 0 radical (unpaired) electrons. The number of hydrogen-bond acceptors (Lipinski definition) is 3. The fourth-order valence-electron chi connectivity index (χ4n) is 1.82. The minimum atomic E-state index is -3.59. The number of halogens is 1. The van der Waals surface area contributed by atoms with Gasteiger partial charge in [-0.25, -0.2) is 13.1 Å². The second-order valence-electron chi connectivity index (χ2n) is 4.84. The maximum absolute atomic E-state index is 12.1. The van der Waals surface area contributed by atoms with E-state index < -0.39 is 10.0 Å². The van der Waals surface area contributed by atoms with Gasteiger partial charge in [-0.3, -0.25) is 0 Å². The van der Waals surface area contributed by atoms with Crippen molar-refractivity contribution in [2.75, 3.05) is 5.73 Å². The highest BCUT2D eigenvalue weighted by Crippen LogP contribution is 2.24. The topological polar surface area (TPSA) is 72.2 Å². The van der Waals surface area contributed by atoms with Crippen molar-refractivity contribution in [1.82, 2.24) is 4.72 Å². The molecular formula is C12H19ClN2O2S. The fourth-order valence-corrected chi connectivity index (χ4v) is 3.63. The molecule has 6 heteroatoms. The summed E-state index contributed by atoms with van der Waals surface area (Å²) in [6.45, 7) is 5.92. The van der Waals surface area contributed by atoms with E-state index in [-0.39, 0.29) is 16.0 Å². The standard InChI is InChI=1S/C12H19ClN2O2S/c1-8(2)6-9(3)15-18(16,17)12-5-4-10(14)7-11(12)13/h4-5,7-9,15H,6,14H2,1-3H3. The summed E-state index contributed by atoms with van der Waals surface area (Å²) in [5, 5.41) is 0.138. The number of nitrogens with two attached hydrogens (primary N) is 1. The Balaban J connectivity index is 2.93. The zero-order valence-corrected chi connectivity index (χ0v) is 12.3. The van der Waals surface area contributed by atoms with Crippen LogP contribution in [0.5, 0.6) is 0 Å². The fraction of sp³-hybridized carbons (Fsp3) is 0.500. The lowest BCUT2D eigenvalue weighted by molar-refractivity contribution is 0.482. The van der Waals surface area contributed by atoms with Crippen LogP contribution in [0.2, 0.25) is 5.02 Å². The molecule has 0 aliphatic rings. The highest BCUT2D eigenvalue weighted by molar-refractivity contribution is 7.89. The molecule has 1 aromatic rings. The monoisotopic (exact) mass is 290 g/mol. The third-order valence-electron chi connectivity index (χ3n) is 2.43. The molecule has 0 saturated carbocycles. The number of rotatable bonds is 5. The third-order valence-corrected chi connectivity index (χ3v) is 4.50. The van der Waals surface area contributed by atoms with E-state index in [9.17, 15) is 8.42 Å². The van der Waals surface area contributed by atoms with E-state index in [1.54, 1.807) is 0 Å². The van der Waals surface area contributed by atoms with Crippen LogP contribution in [0.15, 0.2) is 23.1 Å². The van der Waals surface area contributed by atoms with Gasteiger partial charge in [0.2, 0.25) is 10.0 Å².